The summed E-state index contributed by atoms with van der Waals surface area (Å²) in [5.74, 6) is 0. The van der Waals surface area contributed by atoms with E-state index in [0.717, 1.165) is 268 Å². The van der Waals surface area contributed by atoms with Crippen molar-refractivity contribution in [1.82, 2.24) is 130 Å². The Labute approximate surface area is 832 Å². The second-order valence-electron chi connectivity index (χ2n) is 26.6. The topological polar surface area (TPSA) is 335 Å². The summed E-state index contributed by atoms with van der Waals surface area (Å²) in [6.45, 7) is 0. The lowest BCUT2D eigenvalue weighted by atomic mass is 10.4. The highest BCUT2D eigenvalue weighted by atomic mass is 32.2. The molecule has 0 aliphatic heterocycles. The molecule has 26 aromatic rings. The summed E-state index contributed by atoms with van der Waals surface area (Å²) in [6, 6.07) is 0. The van der Waals surface area contributed by atoms with Crippen molar-refractivity contribution in [3.63, 3.8) is 0 Å². The molecule has 1 radical (unpaired) electrons. The van der Waals surface area contributed by atoms with Crippen LogP contribution in [0.25, 0.3) is 268 Å². The van der Waals surface area contributed by atoms with Gasteiger partial charge in [-0.15, -0.1) is 295 Å². The van der Waals surface area contributed by atoms with Gasteiger partial charge in [-0.2, -0.15) is 0 Å². The molecular formula is C78H27N26S26. The number of rotatable bonds is 25. The first-order chi connectivity index (χ1) is 64.2. The maximum atomic E-state index is 5.01. The number of aromatic nitrogens is 26. The minimum Gasteiger partial charge on any atom is -0.242 e. The number of nitrogens with zero attached hydrogens (tertiary/aromatic N) is 26. The Hall–Kier alpha value is -9.62. The van der Waals surface area contributed by atoms with Crippen LogP contribution in [0, 0.1) is 6.20 Å². The van der Waals surface area contributed by atoms with E-state index < -0.39 is 0 Å². The fourth-order valence-corrected chi connectivity index (χ4v) is 33.7. The van der Waals surface area contributed by atoms with Crippen LogP contribution in [-0.4, -0.2) is 130 Å². The van der Waals surface area contributed by atoms with Crippen molar-refractivity contribution in [2.24, 2.45) is 0 Å². The Morgan fingerprint density at radius 3 is 0.338 bits per heavy atom. The Balaban J connectivity index is 0.351. The van der Waals surface area contributed by atoms with Gasteiger partial charge in [0.2, 0.25) is 0 Å². The van der Waals surface area contributed by atoms with Gasteiger partial charge in [-0.3, -0.25) is 0 Å². The molecule has 625 valence electrons. The zero-order valence-corrected chi connectivity index (χ0v) is 84.6. The summed E-state index contributed by atoms with van der Waals surface area (Å²) < 4.78 is 0. The van der Waals surface area contributed by atoms with Gasteiger partial charge in [-0.05, 0) is 0 Å². The predicted molar refractivity (Wildman–Crippen MR) is 549 cm³/mol. The zero-order chi connectivity index (χ0) is 85.4. The van der Waals surface area contributed by atoms with Crippen LogP contribution in [0.1, 0.15) is 0 Å². The SMILES string of the molecule is [c]1csc(-c2csc(-c3csc(-c4csc(-c5csc(-c6csc(-c7csc(-c8csc(-c9csc(-c%10csc(-c%11csc(-c%12csc(-c%13csc(-c%14csc(-c%15csc(-c%16csc(-c%17csc(-c%18csc(-c%19csc(-c%20csc(-c%21csc(-c%22csc(-c%23csc(-c%24csc(-c%25csc(-c%26cscn%26)n%25)n%24)n%23)n%22)n%21)n%20)n%19)n%18)n%17)n%16)n%15)n%14)n%13)n%12)n%11)n%10)n9)n8)n7)n6)n5)n4)n3)n2)n1. The van der Waals surface area contributed by atoms with E-state index >= 15 is 0 Å². The first kappa shape index (κ1) is 81.2. The normalized spacial score (nSPS) is 11.8. The molecule has 0 aliphatic carbocycles. The molecule has 0 aromatic carbocycles. The quantitative estimate of drug-likeness (QED) is 0.0513. The smallest absolute Gasteiger partial charge is 0.143 e. The molecule has 0 bridgehead atoms. The molecule has 0 N–H and O–H groups in total. The minimum atomic E-state index is 0.784. The molecule has 26 nitrogen and oxygen atoms in total. The third-order valence-corrected chi connectivity index (χ3v) is 40.5. The molecule has 0 amide bonds. The van der Waals surface area contributed by atoms with Gasteiger partial charge < -0.3 is 0 Å². The standard InChI is InChI=1S/C78H27N26S26/c1-2-106-54(79-1)30-4-108-56(81-30)32-6-110-58(83-32)34-8-112-60(85-34)36-10-114-62(87-36)38-12-116-64(89-38)40-14-118-66(91-40)42-16-120-68(93-42)44-18-122-70(95-44)46-20-124-72(97-46)48-22-126-74(99-48)50-24-128-76(101-50)52-26-130-78(103-52)53-27-129-77(104-53)51-25-127-75(102-51)49-23-125-73(100-49)47-21-123-71(98-47)45-19-121-69(96-45)43-17-119-67(94-43)41-15-117-65(92-41)39-13-115-63(90-39)37-11-113-61(88-37)35-9-111-59(86-35)33-7-109-57(84-33)31-5-107-55(82-31)29-3-105-28-80-29/h2-28H. The van der Waals surface area contributed by atoms with Crippen LogP contribution < -0.4 is 0 Å². The lowest BCUT2D eigenvalue weighted by Gasteiger charge is -1.91. The van der Waals surface area contributed by atoms with Crippen LogP contribution in [0.3, 0.4) is 0 Å². The first-order valence-corrected chi connectivity index (χ1v) is 59.8. The van der Waals surface area contributed by atoms with Crippen LogP contribution in [0.2, 0.25) is 0 Å². The van der Waals surface area contributed by atoms with Crippen LogP contribution in [0.15, 0.2) is 145 Å². The first-order valence-electron chi connectivity index (χ1n) is 36.9. The van der Waals surface area contributed by atoms with E-state index in [1.807, 2.05) is 145 Å². The number of hydrogen-bond donors (Lipinski definition) is 0. The van der Waals surface area contributed by atoms with Gasteiger partial charge in [-0.25, -0.2) is 130 Å². The Morgan fingerprint density at radius 2 is 0.238 bits per heavy atom. The minimum absolute atomic E-state index is 0.784. The average Bonchev–Trinajstić information content (AvgIpc) is 1.65. The van der Waals surface area contributed by atoms with Crippen molar-refractivity contribution < 1.29 is 0 Å². The van der Waals surface area contributed by atoms with E-state index in [9.17, 15) is 0 Å². The molecule has 0 spiro atoms. The van der Waals surface area contributed by atoms with Gasteiger partial charge in [-0.1, -0.05) is 0 Å². The second-order valence-corrected chi connectivity index (χ2v) is 48.7. The Bertz CT molecular complexity index is 7800. The molecule has 52 heteroatoms. The van der Waals surface area contributed by atoms with Crippen molar-refractivity contribution >= 4 is 295 Å². The van der Waals surface area contributed by atoms with Crippen molar-refractivity contribution in [3.8, 4) is 268 Å². The monoisotopic (exact) mass is 2160 g/mol. The van der Waals surface area contributed by atoms with Gasteiger partial charge in [0.1, 0.15) is 274 Å². The van der Waals surface area contributed by atoms with Crippen molar-refractivity contribution in [2.75, 3.05) is 0 Å². The third-order valence-electron chi connectivity index (χ3n) is 18.4. The Morgan fingerprint density at radius 1 is 0.123 bits per heavy atom. The molecule has 0 saturated heterocycles. The largest absolute Gasteiger partial charge is 0.242 e. The second kappa shape index (κ2) is 34.4. The molecule has 0 fully saturated rings. The van der Waals surface area contributed by atoms with Crippen LogP contribution in [-0.2, 0) is 0 Å². The predicted octanol–water partition coefficient (Wildman–Crippen LogP) is 29.0. The molecule has 0 atom stereocenters. The average molecular weight is 2160 g/mol. The summed E-state index contributed by atoms with van der Waals surface area (Å²) >= 11 is 40.1. The molecule has 26 aromatic heterocycles. The van der Waals surface area contributed by atoms with Crippen LogP contribution in [0.4, 0.5) is 0 Å². The molecule has 0 aliphatic rings. The third kappa shape index (κ3) is 15.9. The molecule has 0 unspecified atom stereocenters. The van der Waals surface area contributed by atoms with E-state index in [4.69, 9.17) is 120 Å². The van der Waals surface area contributed by atoms with E-state index in [0.29, 0.717) is 0 Å². The molecule has 26 heterocycles. The van der Waals surface area contributed by atoms with Gasteiger partial charge in [0.05, 0.1) is 5.51 Å². The highest BCUT2D eigenvalue weighted by Crippen LogP contribution is 2.47. The Kier molecular flexibility index (Phi) is 21.5. The highest BCUT2D eigenvalue weighted by molar-refractivity contribution is 7.24. The van der Waals surface area contributed by atoms with Gasteiger partial charge in [0.15, 0.2) is 0 Å². The summed E-state index contributed by atoms with van der Waals surface area (Å²) in [7, 11) is 0. The fraction of sp³-hybridized carbons (Fsp3) is 0. The van der Waals surface area contributed by atoms with Gasteiger partial charge >= 0.3 is 0 Å². The zero-order valence-electron chi connectivity index (χ0n) is 63.3. The number of thiazole rings is 26. The molecule has 26 rings (SSSR count). The fourth-order valence-electron chi connectivity index (χ4n) is 12.4. The number of hydrogen-bond acceptors (Lipinski definition) is 52. The lowest BCUT2D eigenvalue weighted by Crippen LogP contribution is -1.83. The van der Waals surface area contributed by atoms with Crippen molar-refractivity contribution in [1.29, 1.82) is 0 Å². The van der Waals surface area contributed by atoms with Gasteiger partial charge in [0, 0.05) is 140 Å². The van der Waals surface area contributed by atoms with Crippen LogP contribution >= 0.6 is 295 Å². The maximum absolute atomic E-state index is 5.01. The van der Waals surface area contributed by atoms with Crippen LogP contribution in [0.5, 0.6) is 0 Å². The van der Waals surface area contributed by atoms with Crippen molar-refractivity contribution in [3.05, 3.63) is 152 Å². The summed E-state index contributed by atoms with van der Waals surface area (Å²) in [4.78, 5) is 128. The highest BCUT2D eigenvalue weighted by Gasteiger charge is 2.27. The summed E-state index contributed by atoms with van der Waals surface area (Å²) in [6.07, 6.45) is 2.87. The van der Waals surface area contributed by atoms with E-state index in [2.05, 4.69) is 16.2 Å². The summed E-state index contributed by atoms with van der Waals surface area (Å²) in [5, 5.41) is 72.9. The molecule has 130 heavy (non-hydrogen) atoms. The lowest BCUT2D eigenvalue weighted by molar-refractivity contribution is 1.28. The van der Waals surface area contributed by atoms with Crippen molar-refractivity contribution in [2.45, 2.75) is 0 Å². The van der Waals surface area contributed by atoms with E-state index in [1.54, 1.807) is 136 Å². The van der Waals surface area contributed by atoms with Gasteiger partial charge in [0.25, 0.3) is 0 Å². The molecule has 0 saturated carbocycles. The van der Waals surface area contributed by atoms with E-state index in [-0.39, 0.29) is 0 Å². The maximum Gasteiger partial charge on any atom is 0.143 e. The summed E-state index contributed by atoms with van der Waals surface area (Å²) in [5.41, 5.74) is 21.9. The molecular weight excluding hydrogens is 2130 g/mol. The van der Waals surface area contributed by atoms with E-state index in [1.165, 1.54) is 159 Å².